The second kappa shape index (κ2) is 6.78. The van der Waals surface area contributed by atoms with E-state index in [4.69, 9.17) is 9.52 Å². The summed E-state index contributed by atoms with van der Waals surface area (Å²) in [5, 5.41) is 7.68. The summed E-state index contributed by atoms with van der Waals surface area (Å²) >= 11 is 0. The molecule has 0 atom stereocenters. The van der Waals surface area contributed by atoms with Crippen molar-refractivity contribution < 1.29 is 9.21 Å². The molecule has 134 valence electrons. The summed E-state index contributed by atoms with van der Waals surface area (Å²) in [5.41, 5.74) is 3.59. The van der Waals surface area contributed by atoms with Gasteiger partial charge in [-0.25, -0.2) is 0 Å². The van der Waals surface area contributed by atoms with Gasteiger partial charge in [-0.1, -0.05) is 6.07 Å². The number of pyridine rings is 1. The van der Waals surface area contributed by atoms with Crippen molar-refractivity contribution in [1.29, 1.82) is 0 Å². The van der Waals surface area contributed by atoms with Crippen molar-refractivity contribution in [3.05, 3.63) is 59.3 Å². The SMILES string of the molecule is Cc1cc(C(=O)NCCn2nc(-c3ccccn3)cc2C2CC2)c(C)o1. The highest BCUT2D eigenvalue weighted by atomic mass is 16.3. The van der Waals surface area contributed by atoms with Crippen molar-refractivity contribution in [2.45, 2.75) is 39.2 Å². The lowest BCUT2D eigenvalue weighted by molar-refractivity contribution is 0.0950. The average Bonchev–Trinajstić information content (AvgIpc) is 3.31. The highest BCUT2D eigenvalue weighted by molar-refractivity contribution is 5.95. The molecule has 0 radical (unpaired) electrons. The van der Waals surface area contributed by atoms with Gasteiger partial charge >= 0.3 is 0 Å². The Hall–Kier alpha value is -2.89. The maximum Gasteiger partial charge on any atom is 0.254 e. The van der Waals surface area contributed by atoms with Gasteiger partial charge in [-0.05, 0) is 51.0 Å². The molecule has 0 bridgehead atoms. The summed E-state index contributed by atoms with van der Waals surface area (Å²) in [6.45, 7) is 4.81. The first-order chi connectivity index (χ1) is 12.6. The minimum atomic E-state index is -0.107. The van der Waals surface area contributed by atoms with Crippen molar-refractivity contribution in [2.75, 3.05) is 6.54 Å². The molecule has 1 amide bonds. The van der Waals surface area contributed by atoms with Crippen molar-refractivity contribution in [2.24, 2.45) is 0 Å². The molecule has 3 heterocycles. The van der Waals surface area contributed by atoms with E-state index in [0.717, 1.165) is 17.1 Å². The first-order valence-corrected chi connectivity index (χ1v) is 8.96. The molecule has 3 aromatic rings. The Morgan fingerprint density at radius 2 is 2.12 bits per heavy atom. The first-order valence-electron chi connectivity index (χ1n) is 8.96. The minimum Gasteiger partial charge on any atom is -0.466 e. The van der Waals surface area contributed by atoms with Gasteiger partial charge in [0.1, 0.15) is 17.2 Å². The zero-order chi connectivity index (χ0) is 18.1. The van der Waals surface area contributed by atoms with Crippen LogP contribution >= 0.6 is 0 Å². The number of nitrogens with zero attached hydrogens (tertiary/aromatic N) is 3. The number of carbonyl (C=O) groups excluding carboxylic acids is 1. The van der Waals surface area contributed by atoms with Crippen molar-refractivity contribution in [1.82, 2.24) is 20.1 Å². The third-order valence-corrected chi connectivity index (χ3v) is 4.63. The number of furan rings is 1. The van der Waals surface area contributed by atoms with Crippen LogP contribution in [0.3, 0.4) is 0 Å². The van der Waals surface area contributed by atoms with Crippen molar-refractivity contribution in [3.63, 3.8) is 0 Å². The number of aryl methyl sites for hydroxylation is 2. The summed E-state index contributed by atoms with van der Waals surface area (Å²) in [5.74, 6) is 1.87. The van der Waals surface area contributed by atoms with E-state index in [1.54, 1.807) is 19.2 Å². The molecular weight excluding hydrogens is 328 g/mol. The highest BCUT2D eigenvalue weighted by Gasteiger charge is 2.28. The van der Waals surface area contributed by atoms with E-state index in [1.165, 1.54) is 18.5 Å². The Kier molecular flexibility index (Phi) is 4.32. The molecule has 1 aliphatic rings. The predicted octanol–water partition coefficient (Wildman–Crippen LogP) is 3.46. The monoisotopic (exact) mass is 350 g/mol. The normalized spacial score (nSPS) is 13.8. The van der Waals surface area contributed by atoms with Crippen LogP contribution in [-0.4, -0.2) is 27.2 Å². The molecular formula is C20H22N4O2. The van der Waals surface area contributed by atoms with E-state index in [-0.39, 0.29) is 5.91 Å². The molecule has 1 fully saturated rings. The summed E-state index contributed by atoms with van der Waals surface area (Å²) in [7, 11) is 0. The maximum atomic E-state index is 12.3. The van der Waals surface area contributed by atoms with E-state index in [2.05, 4.69) is 16.4 Å². The lowest BCUT2D eigenvalue weighted by Crippen LogP contribution is -2.28. The zero-order valence-electron chi connectivity index (χ0n) is 15.0. The Morgan fingerprint density at radius 3 is 2.77 bits per heavy atom. The van der Waals surface area contributed by atoms with E-state index < -0.39 is 0 Å². The first kappa shape index (κ1) is 16.6. The van der Waals surface area contributed by atoms with Crippen LogP contribution in [0.1, 0.15) is 46.3 Å². The third-order valence-electron chi connectivity index (χ3n) is 4.63. The summed E-state index contributed by atoms with van der Waals surface area (Å²) in [6, 6.07) is 9.74. The molecule has 0 spiro atoms. The van der Waals surface area contributed by atoms with E-state index in [1.807, 2.05) is 29.8 Å². The van der Waals surface area contributed by atoms with Crippen molar-refractivity contribution >= 4 is 5.91 Å². The molecule has 1 aliphatic carbocycles. The average molecular weight is 350 g/mol. The van der Waals surface area contributed by atoms with Gasteiger partial charge in [-0.15, -0.1) is 0 Å². The summed E-state index contributed by atoms with van der Waals surface area (Å²) in [4.78, 5) is 16.7. The highest BCUT2D eigenvalue weighted by Crippen LogP contribution is 2.41. The Labute approximate surface area is 152 Å². The fourth-order valence-corrected chi connectivity index (χ4v) is 3.18. The second-order valence-electron chi connectivity index (χ2n) is 6.75. The van der Waals surface area contributed by atoms with Crippen LogP contribution in [0.15, 0.2) is 40.9 Å². The molecule has 1 N–H and O–H groups in total. The molecule has 4 rings (SSSR count). The molecule has 6 heteroatoms. The number of hydrogen-bond acceptors (Lipinski definition) is 4. The second-order valence-corrected chi connectivity index (χ2v) is 6.75. The van der Waals surface area contributed by atoms with Gasteiger partial charge in [-0.3, -0.25) is 14.5 Å². The number of hydrogen-bond donors (Lipinski definition) is 1. The quantitative estimate of drug-likeness (QED) is 0.739. The number of nitrogens with one attached hydrogen (secondary N) is 1. The maximum absolute atomic E-state index is 12.3. The standard InChI is InChI=1S/C20H22N4O2/c1-13-11-16(14(2)26-13)20(25)22-9-10-24-19(15-6-7-15)12-18(23-24)17-5-3-4-8-21-17/h3-5,8,11-12,15H,6-7,9-10H2,1-2H3,(H,22,25). The number of carbonyl (C=O) groups is 1. The number of rotatable bonds is 6. The number of aromatic nitrogens is 3. The Bertz CT molecular complexity index is 923. The topological polar surface area (TPSA) is 73.0 Å². The minimum absolute atomic E-state index is 0.107. The molecule has 3 aromatic heterocycles. The fourth-order valence-electron chi connectivity index (χ4n) is 3.18. The van der Waals surface area contributed by atoms with E-state index >= 15 is 0 Å². The zero-order valence-corrected chi connectivity index (χ0v) is 15.0. The molecule has 0 saturated heterocycles. The molecule has 0 unspecified atom stereocenters. The van der Waals surface area contributed by atoms with Gasteiger partial charge in [0.15, 0.2) is 0 Å². The third kappa shape index (κ3) is 3.40. The van der Waals surface area contributed by atoms with Crippen LogP contribution in [0.25, 0.3) is 11.4 Å². The summed E-state index contributed by atoms with van der Waals surface area (Å²) in [6.07, 6.45) is 4.18. The van der Waals surface area contributed by atoms with Gasteiger partial charge in [0.2, 0.25) is 0 Å². The van der Waals surface area contributed by atoms with Crippen LogP contribution in [0, 0.1) is 13.8 Å². The Morgan fingerprint density at radius 1 is 1.27 bits per heavy atom. The molecule has 6 nitrogen and oxygen atoms in total. The fraction of sp³-hybridized carbons (Fsp3) is 0.350. The van der Waals surface area contributed by atoms with Crippen molar-refractivity contribution in [3.8, 4) is 11.4 Å². The molecule has 0 aromatic carbocycles. The van der Waals surface area contributed by atoms with E-state index in [9.17, 15) is 4.79 Å². The predicted molar refractivity (Wildman–Crippen MR) is 97.9 cm³/mol. The van der Waals surface area contributed by atoms with Crippen LogP contribution in [0.4, 0.5) is 0 Å². The lowest BCUT2D eigenvalue weighted by atomic mass is 10.2. The lowest BCUT2D eigenvalue weighted by Gasteiger charge is -2.08. The molecule has 0 aliphatic heterocycles. The largest absolute Gasteiger partial charge is 0.466 e. The molecule has 26 heavy (non-hydrogen) atoms. The van der Waals surface area contributed by atoms with Gasteiger partial charge < -0.3 is 9.73 Å². The van der Waals surface area contributed by atoms with Gasteiger partial charge in [0.05, 0.1) is 17.8 Å². The van der Waals surface area contributed by atoms with Crippen LogP contribution < -0.4 is 5.32 Å². The van der Waals surface area contributed by atoms with Crippen LogP contribution in [0.5, 0.6) is 0 Å². The van der Waals surface area contributed by atoms with Gasteiger partial charge in [-0.2, -0.15) is 5.10 Å². The van der Waals surface area contributed by atoms with E-state index in [0.29, 0.717) is 30.3 Å². The van der Waals surface area contributed by atoms with Crippen LogP contribution in [0.2, 0.25) is 0 Å². The van der Waals surface area contributed by atoms with Crippen LogP contribution in [-0.2, 0) is 6.54 Å². The smallest absolute Gasteiger partial charge is 0.254 e. The van der Waals surface area contributed by atoms with Gasteiger partial charge in [0, 0.05) is 24.4 Å². The summed E-state index contributed by atoms with van der Waals surface area (Å²) < 4.78 is 7.44. The Balaban J connectivity index is 1.45. The molecule has 1 saturated carbocycles. The number of amides is 1. The van der Waals surface area contributed by atoms with Gasteiger partial charge in [0.25, 0.3) is 5.91 Å².